The first kappa shape index (κ1) is 14.9. The first-order chi connectivity index (χ1) is 10.7. The maximum atomic E-state index is 12.0. The second kappa shape index (κ2) is 6.86. The van der Waals surface area contributed by atoms with Crippen LogP contribution in [0, 0.1) is 0 Å². The lowest BCUT2D eigenvalue weighted by Gasteiger charge is -2.07. The highest BCUT2D eigenvalue weighted by Gasteiger charge is 2.06. The van der Waals surface area contributed by atoms with Gasteiger partial charge < -0.3 is 5.32 Å². The van der Waals surface area contributed by atoms with Crippen molar-refractivity contribution in [1.82, 2.24) is 0 Å². The molecule has 1 amide bonds. The van der Waals surface area contributed by atoms with Crippen molar-refractivity contribution >= 4 is 45.7 Å². The second-order valence-electron chi connectivity index (χ2n) is 4.82. The van der Waals surface area contributed by atoms with Crippen molar-refractivity contribution in [2.24, 2.45) is 0 Å². The summed E-state index contributed by atoms with van der Waals surface area (Å²) in [6.45, 7) is 0. The molecule has 0 fully saturated rings. The van der Waals surface area contributed by atoms with Crippen LogP contribution in [0.25, 0.3) is 10.8 Å². The van der Waals surface area contributed by atoms with Gasteiger partial charge in [0.25, 0.3) is 0 Å². The minimum absolute atomic E-state index is 0.0275. The number of amides is 1. The molecule has 22 heavy (non-hydrogen) atoms. The Balaban J connectivity index is 1.66. The second-order valence-corrected chi connectivity index (χ2v) is 6.27. The summed E-state index contributed by atoms with van der Waals surface area (Å²) in [7, 11) is 0. The Hall–Kier alpha value is -1.97. The molecular formula is C18H14ClNOS. The lowest BCUT2D eigenvalue weighted by atomic mass is 10.1. The Labute approximate surface area is 138 Å². The predicted molar refractivity (Wildman–Crippen MR) is 94.8 cm³/mol. The fourth-order valence-corrected chi connectivity index (χ4v) is 3.20. The van der Waals surface area contributed by atoms with Crippen molar-refractivity contribution in [2.75, 3.05) is 11.1 Å². The summed E-state index contributed by atoms with van der Waals surface area (Å²) in [6.07, 6.45) is 0. The van der Waals surface area contributed by atoms with E-state index in [1.807, 2.05) is 24.3 Å². The summed E-state index contributed by atoms with van der Waals surface area (Å²) in [5.74, 6) is 0.344. The molecule has 0 heterocycles. The smallest absolute Gasteiger partial charge is 0.234 e. The molecule has 0 radical (unpaired) electrons. The van der Waals surface area contributed by atoms with E-state index in [-0.39, 0.29) is 5.91 Å². The number of benzene rings is 3. The SMILES string of the molecule is O=C(CSc1cccc2ccccc12)Nc1ccc(Cl)cc1. The standard InChI is InChI=1S/C18H14ClNOS/c19-14-8-10-15(11-9-14)20-18(21)12-22-17-7-3-5-13-4-1-2-6-16(13)17/h1-11H,12H2,(H,20,21). The number of rotatable bonds is 4. The Bertz CT molecular complexity index is 796. The van der Waals surface area contributed by atoms with Gasteiger partial charge in [0.15, 0.2) is 0 Å². The van der Waals surface area contributed by atoms with E-state index in [4.69, 9.17) is 11.6 Å². The number of thioether (sulfide) groups is 1. The molecule has 0 spiro atoms. The van der Waals surface area contributed by atoms with Crippen LogP contribution in [-0.4, -0.2) is 11.7 Å². The number of hydrogen-bond donors (Lipinski definition) is 1. The molecule has 3 rings (SSSR count). The number of nitrogens with one attached hydrogen (secondary N) is 1. The van der Waals surface area contributed by atoms with Crippen molar-refractivity contribution in [3.63, 3.8) is 0 Å². The average molecular weight is 328 g/mol. The van der Waals surface area contributed by atoms with E-state index < -0.39 is 0 Å². The summed E-state index contributed by atoms with van der Waals surface area (Å²) in [4.78, 5) is 13.2. The molecule has 2 nitrogen and oxygen atoms in total. The van der Waals surface area contributed by atoms with Crippen molar-refractivity contribution in [3.8, 4) is 0 Å². The van der Waals surface area contributed by atoms with Crippen LogP contribution in [0.15, 0.2) is 71.6 Å². The van der Waals surface area contributed by atoms with Gasteiger partial charge in [-0.2, -0.15) is 0 Å². The predicted octanol–water partition coefficient (Wildman–Crippen LogP) is 5.22. The molecule has 3 aromatic carbocycles. The van der Waals surface area contributed by atoms with Crippen molar-refractivity contribution < 1.29 is 4.79 Å². The molecule has 0 aliphatic carbocycles. The van der Waals surface area contributed by atoms with E-state index in [2.05, 4.69) is 23.5 Å². The quantitative estimate of drug-likeness (QED) is 0.665. The van der Waals surface area contributed by atoms with Crippen molar-refractivity contribution in [2.45, 2.75) is 4.90 Å². The van der Waals surface area contributed by atoms with Crippen LogP contribution < -0.4 is 5.32 Å². The van der Waals surface area contributed by atoms with E-state index in [1.54, 1.807) is 36.0 Å². The maximum Gasteiger partial charge on any atom is 0.234 e. The highest BCUT2D eigenvalue weighted by atomic mass is 35.5. The van der Waals surface area contributed by atoms with Gasteiger partial charge in [-0.3, -0.25) is 4.79 Å². The van der Waals surface area contributed by atoms with Gasteiger partial charge >= 0.3 is 0 Å². The van der Waals surface area contributed by atoms with E-state index in [0.717, 1.165) is 10.6 Å². The van der Waals surface area contributed by atoms with Crippen LogP contribution in [0.5, 0.6) is 0 Å². The molecule has 0 atom stereocenters. The third-order valence-electron chi connectivity index (χ3n) is 3.24. The van der Waals surface area contributed by atoms with Gasteiger partial charge in [0.2, 0.25) is 5.91 Å². The third-order valence-corrected chi connectivity index (χ3v) is 4.56. The summed E-state index contributed by atoms with van der Waals surface area (Å²) in [5.41, 5.74) is 0.757. The van der Waals surface area contributed by atoms with E-state index >= 15 is 0 Å². The molecule has 0 aliphatic heterocycles. The van der Waals surface area contributed by atoms with Gasteiger partial charge in [-0.15, -0.1) is 11.8 Å². The first-order valence-electron chi connectivity index (χ1n) is 6.88. The molecule has 1 N–H and O–H groups in total. The van der Waals surface area contributed by atoms with Crippen molar-refractivity contribution in [1.29, 1.82) is 0 Å². The molecule has 110 valence electrons. The van der Waals surface area contributed by atoms with Gasteiger partial charge in [0, 0.05) is 15.6 Å². The van der Waals surface area contributed by atoms with Crippen molar-refractivity contribution in [3.05, 3.63) is 71.8 Å². The Morgan fingerprint density at radius 2 is 1.68 bits per heavy atom. The molecule has 0 aromatic heterocycles. The number of hydrogen-bond acceptors (Lipinski definition) is 2. The minimum atomic E-state index is -0.0275. The van der Waals surface area contributed by atoms with Crippen LogP contribution in [0.3, 0.4) is 0 Å². The normalized spacial score (nSPS) is 10.6. The van der Waals surface area contributed by atoms with Crippen LogP contribution in [0.1, 0.15) is 0 Å². The van der Waals surface area contributed by atoms with E-state index in [0.29, 0.717) is 10.8 Å². The monoisotopic (exact) mass is 327 g/mol. The highest BCUT2D eigenvalue weighted by molar-refractivity contribution is 8.00. The molecular weight excluding hydrogens is 314 g/mol. The molecule has 4 heteroatoms. The van der Waals surface area contributed by atoms with E-state index in [9.17, 15) is 4.79 Å². The molecule has 0 unspecified atom stereocenters. The molecule has 0 bridgehead atoms. The summed E-state index contributed by atoms with van der Waals surface area (Å²) < 4.78 is 0. The first-order valence-corrected chi connectivity index (χ1v) is 8.25. The summed E-state index contributed by atoms with van der Waals surface area (Å²) in [6, 6.07) is 21.4. The molecule has 0 saturated heterocycles. The zero-order valence-electron chi connectivity index (χ0n) is 11.8. The topological polar surface area (TPSA) is 29.1 Å². The zero-order valence-corrected chi connectivity index (χ0v) is 13.3. The minimum Gasteiger partial charge on any atom is -0.325 e. The van der Waals surface area contributed by atoms with Gasteiger partial charge in [-0.25, -0.2) is 0 Å². The van der Waals surface area contributed by atoms with Crippen LogP contribution in [-0.2, 0) is 4.79 Å². The Morgan fingerprint density at radius 3 is 2.50 bits per heavy atom. The Kier molecular flexibility index (Phi) is 4.66. The molecule has 0 aliphatic rings. The van der Waals surface area contributed by atoms with Crippen LogP contribution >= 0.6 is 23.4 Å². The number of anilines is 1. The number of carbonyl (C=O) groups excluding carboxylic acids is 1. The van der Waals surface area contributed by atoms with Gasteiger partial charge in [-0.05, 0) is 41.1 Å². The number of carbonyl (C=O) groups is 1. The van der Waals surface area contributed by atoms with Gasteiger partial charge in [0.05, 0.1) is 5.75 Å². The fraction of sp³-hybridized carbons (Fsp3) is 0.0556. The largest absolute Gasteiger partial charge is 0.325 e. The third kappa shape index (κ3) is 3.62. The molecule has 0 saturated carbocycles. The lowest BCUT2D eigenvalue weighted by Crippen LogP contribution is -2.13. The number of fused-ring (bicyclic) bond motifs is 1. The van der Waals surface area contributed by atoms with E-state index in [1.165, 1.54) is 10.8 Å². The summed E-state index contributed by atoms with van der Waals surface area (Å²) >= 11 is 7.37. The van der Waals surface area contributed by atoms with Crippen LogP contribution in [0.4, 0.5) is 5.69 Å². The lowest BCUT2D eigenvalue weighted by molar-refractivity contribution is -0.113. The van der Waals surface area contributed by atoms with Gasteiger partial charge in [0.1, 0.15) is 0 Å². The average Bonchev–Trinajstić information content (AvgIpc) is 2.55. The zero-order chi connectivity index (χ0) is 15.4. The fourth-order valence-electron chi connectivity index (χ4n) is 2.20. The maximum absolute atomic E-state index is 12.0. The highest BCUT2D eigenvalue weighted by Crippen LogP contribution is 2.27. The van der Waals surface area contributed by atoms with Gasteiger partial charge in [-0.1, -0.05) is 48.0 Å². The van der Waals surface area contributed by atoms with Crippen LogP contribution in [0.2, 0.25) is 5.02 Å². The summed E-state index contributed by atoms with van der Waals surface area (Å²) in [5, 5.41) is 5.89. The number of halogens is 1. The Morgan fingerprint density at radius 1 is 0.955 bits per heavy atom. The molecule has 3 aromatic rings.